The number of nitriles is 1. The predicted octanol–water partition coefficient (Wildman–Crippen LogP) is 3.48. The molecule has 0 aliphatic carbocycles. The standard InChI is InChI=1S/C29H26FN5O3/c1-17(2)13-24(34(3)26(36)20-10-11-22-19(25(20)30)7-6-12-32-22)27(37)35-16-29(14-18(35)15-31)21-8-4-5-9-23(21)33-28(29)38/h4-5,8-12,17-18,24H,13-14,16H2,1-3H3,(H,33,38)/t18-,24-,29-/m0/s1. The number of halogens is 1. The smallest absolute Gasteiger partial charge is 0.257 e. The average Bonchev–Trinajstić information content (AvgIpc) is 3.44. The molecule has 0 radical (unpaired) electrons. The van der Waals surface area contributed by atoms with Crippen LogP contribution in [0, 0.1) is 35.2 Å². The van der Waals surface area contributed by atoms with Gasteiger partial charge in [0.05, 0.1) is 34.1 Å². The quantitative estimate of drug-likeness (QED) is 0.565. The average molecular weight is 512 g/mol. The molecule has 1 fully saturated rings. The molecule has 0 unspecified atom stereocenters. The lowest BCUT2D eigenvalue weighted by molar-refractivity contribution is -0.136. The first-order chi connectivity index (χ1) is 18.2. The highest BCUT2D eigenvalue weighted by atomic mass is 19.1. The van der Waals surface area contributed by atoms with Gasteiger partial charge < -0.3 is 15.1 Å². The molecule has 2 aromatic carbocycles. The molecule has 0 saturated carbocycles. The number of aromatic nitrogens is 1. The highest BCUT2D eigenvalue weighted by molar-refractivity contribution is 6.07. The summed E-state index contributed by atoms with van der Waals surface area (Å²) in [5.74, 6) is -2.14. The molecule has 3 aromatic rings. The molecule has 3 amide bonds. The summed E-state index contributed by atoms with van der Waals surface area (Å²) in [6.45, 7) is 3.85. The van der Waals surface area contributed by atoms with Crippen LogP contribution in [0.3, 0.4) is 0 Å². The van der Waals surface area contributed by atoms with Gasteiger partial charge in [0.25, 0.3) is 5.91 Å². The molecule has 3 atom stereocenters. The predicted molar refractivity (Wildman–Crippen MR) is 137 cm³/mol. The number of carbonyl (C=O) groups is 3. The first-order valence-electron chi connectivity index (χ1n) is 12.4. The van der Waals surface area contributed by atoms with Crippen LogP contribution in [0.25, 0.3) is 10.9 Å². The minimum Gasteiger partial charge on any atom is -0.330 e. The van der Waals surface area contributed by atoms with E-state index in [1.54, 1.807) is 6.07 Å². The third kappa shape index (κ3) is 3.92. The van der Waals surface area contributed by atoms with Crippen molar-refractivity contribution in [1.29, 1.82) is 5.26 Å². The van der Waals surface area contributed by atoms with Crippen molar-refractivity contribution in [3.63, 3.8) is 0 Å². The van der Waals surface area contributed by atoms with Crippen molar-refractivity contribution in [2.45, 2.75) is 44.2 Å². The third-order valence-corrected chi connectivity index (χ3v) is 7.50. The number of benzene rings is 2. The molecule has 192 valence electrons. The van der Waals surface area contributed by atoms with Crippen LogP contribution in [-0.2, 0) is 15.0 Å². The van der Waals surface area contributed by atoms with Crippen molar-refractivity contribution in [1.82, 2.24) is 14.8 Å². The van der Waals surface area contributed by atoms with Crippen LogP contribution in [0.15, 0.2) is 42.6 Å². The number of likely N-dealkylation sites (tertiary alicyclic amines) is 1. The molecule has 2 aliphatic heterocycles. The summed E-state index contributed by atoms with van der Waals surface area (Å²) in [7, 11) is 1.46. The maximum absolute atomic E-state index is 15.3. The van der Waals surface area contributed by atoms with Crippen molar-refractivity contribution >= 4 is 34.3 Å². The van der Waals surface area contributed by atoms with Gasteiger partial charge >= 0.3 is 0 Å². The van der Waals surface area contributed by atoms with Gasteiger partial charge in [0.2, 0.25) is 11.8 Å². The number of hydrogen-bond donors (Lipinski definition) is 1. The first-order valence-corrected chi connectivity index (χ1v) is 12.4. The van der Waals surface area contributed by atoms with Crippen molar-refractivity contribution in [3.05, 3.63) is 71.7 Å². The van der Waals surface area contributed by atoms with Crippen LogP contribution in [0.2, 0.25) is 0 Å². The van der Waals surface area contributed by atoms with E-state index >= 15 is 4.39 Å². The van der Waals surface area contributed by atoms with Crippen molar-refractivity contribution in [3.8, 4) is 6.07 Å². The fraction of sp³-hybridized carbons (Fsp3) is 0.345. The molecule has 1 aromatic heterocycles. The van der Waals surface area contributed by atoms with E-state index in [0.717, 1.165) is 5.56 Å². The number of amides is 3. The summed E-state index contributed by atoms with van der Waals surface area (Å²) in [6.07, 6.45) is 1.81. The second-order valence-electron chi connectivity index (χ2n) is 10.3. The van der Waals surface area contributed by atoms with Gasteiger partial charge in [-0.3, -0.25) is 14.4 Å². The molecular weight excluding hydrogens is 485 g/mol. The zero-order valence-electron chi connectivity index (χ0n) is 21.3. The number of likely N-dealkylation sites (N-methyl/N-ethyl adjacent to an activating group) is 1. The van der Waals surface area contributed by atoms with Gasteiger partial charge in [-0.1, -0.05) is 38.1 Å². The topological polar surface area (TPSA) is 106 Å². The third-order valence-electron chi connectivity index (χ3n) is 7.50. The van der Waals surface area contributed by atoms with Gasteiger partial charge in [-0.2, -0.15) is 5.26 Å². The maximum atomic E-state index is 15.3. The van der Waals surface area contributed by atoms with Gasteiger partial charge in [-0.15, -0.1) is 0 Å². The Labute approximate surface area is 220 Å². The monoisotopic (exact) mass is 511 g/mol. The van der Waals surface area contributed by atoms with Gasteiger partial charge in [0.15, 0.2) is 5.82 Å². The normalized spacial score (nSPS) is 20.7. The summed E-state index contributed by atoms with van der Waals surface area (Å²) in [4.78, 5) is 47.3. The molecule has 38 heavy (non-hydrogen) atoms. The van der Waals surface area contributed by atoms with Crippen molar-refractivity contribution < 1.29 is 18.8 Å². The van der Waals surface area contributed by atoms with Gasteiger partial charge in [-0.25, -0.2) is 9.37 Å². The SMILES string of the molecule is CC(C)C[C@@H](C(=O)N1C[C@]2(C[C@H]1C#N)C(=O)Nc1ccccc12)N(C)C(=O)c1ccc2ncc#cc2c1F. The van der Waals surface area contributed by atoms with E-state index in [1.807, 2.05) is 32.0 Å². The summed E-state index contributed by atoms with van der Waals surface area (Å²) < 4.78 is 15.3. The van der Waals surface area contributed by atoms with Gasteiger partial charge in [0, 0.05) is 25.7 Å². The summed E-state index contributed by atoms with van der Waals surface area (Å²) >= 11 is 0. The minimum absolute atomic E-state index is 0.0142. The Morgan fingerprint density at radius 2 is 2.08 bits per heavy atom. The molecule has 9 heteroatoms. The van der Waals surface area contributed by atoms with Crippen LogP contribution in [-0.4, -0.2) is 58.2 Å². The largest absolute Gasteiger partial charge is 0.330 e. The van der Waals surface area contributed by atoms with Crippen LogP contribution in [0.1, 0.15) is 42.6 Å². The molecule has 1 N–H and O–H groups in total. The fourth-order valence-corrected chi connectivity index (χ4v) is 5.54. The zero-order chi connectivity index (χ0) is 27.2. The lowest BCUT2D eigenvalue weighted by Gasteiger charge is -2.33. The van der Waals surface area contributed by atoms with Crippen LogP contribution in [0.4, 0.5) is 10.1 Å². The number of anilines is 1. The first kappa shape index (κ1) is 25.2. The zero-order valence-corrected chi connectivity index (χ0v) is 21.3. The van der Waals surface area contributed by atoms with Crippen LogP contribution >= 0.6 is 0 Å². The van der Waals surface area contributed by atoms with Crippen LogP contribution < -0.4 is 5.32 Å². The number of rotatable bonds is 5. The van der Waals surface area contributed by atoms with E-state index < -0.39 is 35.1 Å². The second kappa shape index (κ2) is 9.42. The molecule has 3 heterocycles. The number of hydrogen-bond acceptors (Lipinski definition) is 5. The number of nitrogens with one attached hydrogen (secondary N) is 1. The highest BCUT2D eigenvalue weighted by Gasteiger charge is 2.56. The Kier molecular flexibility index (Phi) is 6.24. The van der Waals surface area contributed by atoms with E-state index in [4.69, 9.17) is 0 Å². The molecule has 5 rings (SSSR count). The molecule has 1 saturated heterocycles. The maximum Gasteiger partial charge on any atom is 0.257 e. The van der Waals surface area contributed by atoms with Gasteiger partial charge in [0.1, 0.15) is 12.1 Å². The second-order valence-corrected chi connectivity index (χ2v) is 10.3. The molecule has 8 nitrogen and oxygen atoms in total. The Bertz CT molecular complexity index is 1500. The Morgan fingerprint density at radius 1 is 1.32 bits per heavy atom. The van der Waals surface area contributed by atoms with Gasteiger partial charge in [-0.05, 0) is 42.2 Å². The molecule has 1 spiro atoms. The number of fused-ring (bicyclic) bond motifs is 3. The molecule has 2 aliphatic rings. The summed E-state index contributed by atoms with van der Waals surface area (Å²) in [5, 5.41) is 12.9. The Balaban J connectivity index is 1.48. The molecule has 0 bridgehead atoms. The Morgan fingerprint density at radius 3 is 2.82 bits per heavy atom. The number of para-hydroxylation sites is 1. The number of nitrogens with zero attached hydrogens (tertiary/aromatic N) is 4. The van der Waals surface area contributed by atoms with E-state index in [2.05, 4.69) is 28.5 Å². The van der Waals surface area contributed by atoms with E-state index in [0.29, 0.717) is 17.6 Å². The summed E-state index contributed by atoms with van der Waals surface area (Å²) in [6, 6.07) is 15.7. The fourth-order valence-electron chi connectivity index (χ4n) is 5.54. The van der Waals surface area contributed by atoms with E-state index in [1.165, 1.54) is 35.2 Å². The van der Waals surface area contributed by atoms with E-state index in [-0.39, 0.29) is 35.7 Å². The van der Waals surface area contributed by atoms with Crippen LogP contribution in [0.5, 0.6) is 0 Å². The Hall–Kier alpha value is -4.50. The lowest BCUT2D eigenvalue weighted by atomic mass is 9.80. The molecular formula is C29H26FN5O3. The minimum atomic E-state index is -1.04. The highest BCUT2D eigenvalue weighted by Crippen LogP contribution is 2.46. The summed E-state index contributed by atoms with van der Waals surface area (Å²) in [5.41, 5.74) is 0.513. The van der Waals surface area contributed by atoms with Crippen molar-refractivity contribution in [2.75, 3.05) is 18.9 Å². The number of carbonyl (C=O) groups excluding carboxylic acids is 3. The van der Waals surface area contributed by atoms with E-state index in [9.17, 15) is 19.6 Å². The lowest BCUT2D eigenvalue weighted by Crippen LogP contribution is -2.52. The van der Waals surface area contributed by atoms with Crippen molar-refractivity contribution in [2.24, 2.45) is 5.92 Å².